The van der Waals surface area contributed by atoms with E-state index >= 15 is 4.39 Å². The molecule has 6 nitrogen and oxygen atoms in total. The average Bonchev–Trinajstić information content (AvgIpc) is 3.52. The summed E-state index contributed by atoms with van der Waals surface area (Å²) in [5.41, 5.74) is 3.33. The lowest BCUT2D eigenvalue weighted by Gasteiger charge is -2.28. The monoisotopic (exact) mass is 557 g/mol. The molecule has 0 spiro atoms. The number of nitrogens with one attached hydrogen (secondary N) is 1. The number of likely N-dealkylation sites (tertiary alicyclic amines) is 1. The number of halogens is 2. The molecule has 212 valence electrons. The minimum Gasteiger partial charge on any atom is -0.343 e. The van der Waals surface area contributed by atoms with Crippen LogP contribution in [0.1, 0.15) is 66.8 Å². The van der Waals surface area contributed by atoms with Crippen molar-refractivity contribution < 1.29 is 23.2 Å². The molecule has 2 aliphatic heterocycles. The molecule has 8 heteroatoms. The molecule has 3 amide bonds. The highest BCUT2D eigenvalue weighted by atomic mass is 19.1. The van der Waals surface area contributed by atoms with Crippen LogP contribution in [0.3, 0.4) is 0 Å². The van der Waals surface area contributed by atoms with E-state index in [2.05, 4.69) is 5.32 Å². The zero-order valence-electron chi connectivity index (χ0n) is 23.1. The number of carbonyl (C=O) groups is 3. The van der Waals surface area contributed by atoms with E-state index in [-0.39, 0.29) is 36.5 Å². The van der Waals surface area contributed by atoms with Gasteiger partial charge in [0.15, 0.2) is 0 Å². The Kier molecular flexibility index (Phi) is 6.88. The molecule has 1 saturated heterocycles. The summed E-state index contributed by atoms with van der Waals surface area (Å²) in [6.07, 6.45) is 0.221. The fourth-order valence-electron chi connectivity index (χ4n) is 6.27. The average molecular weight is 558 g/mol. The second-order valence-corrected chi connectivity index (χ2v) is 11.8. The number of alkyl halides is 1. The number of para-hydroxylation sites is 1. The standard InChI is InChI=1S/C33H33F2N3O3/c1-33(14-15-33)25-13-12-21(16-26(25)35)30(20-8-4-3-5-9-20)36-31(40)28-17-22(34)19-38(28)29(39)18-24-23-10-6-7-11-27(23)37(2)32(24)41/h3-13,16,22,24,28,30H,14-15,17-19H2,1-2H3,(H,36,40)/t22-,24?,28+,30+/m1/s1. The molecule has 3 aromatic carbocycles. The lowest BCUT2D eigenvalue weighted by molar-refractivity contribution is -0.139. The number of anilines is 1. The number of rotatable bonds is 7. The summed E-state index contributed by atoms with van der Waals surface area (Å²) < 4.78 is 30.0. The summed E-state index contributed by atoms with van der Waals surface area (Å²) in [6.45, 7) is 1.82. The number of likely N-dealkylation sites (N-methyl/N-ethyl adjacent to an activating group) is 1. The van der Waals surface area contributed by atoms with E-state index in [0.29, 0.717) is 11.1 Å². The molecule has 6 rings (SSSR count). The number of fused-ring (bicyclic) bond motifs is 1. The molecule has 3 aromatic rings. The number of hydrogen-bond donors (Lipinski definition) is 1. The number of nitrogens with zero attached hydrogens (tertiary/aromatic N) is 2. The van der Waals surface area contributed by atoms with E-state index in [9.17, 15) is 18.8 Å². The second-order valence-electron chi connectivity index (χ2n) is 11.8. The maximum Gasteiger partial charge on any atom is 0.243 e. The summed E-state index contributed by atoms with van der Waals surface area (Å²) in [5, 5.41) is 2.98. The van der Waals surface area contributed by atoms with Crippen LogP contribution in [0, 0.1) is 5.82 Å². The summed E-state index contributed by atoms with van der Waals surface area (Å²) in [6, 6.07) is 19.8. The molecule has 41 heavy (non-hydrogen) atoms. The quantitative estimate of drug-likeness (QED) is 0.436. The van der Waals surface area contributed by atoms with Crippen LogP contribution in [0.15, 0.2) is 72.8 Å². The van der Waals surface area contributed by atoms with Gasteiger partial charge < -0.3 is 15.1 Å². The lowest BCUT2D eigenvalue weighted by Crippen LogP contribution is -2.47. The van der Waals surface area contributed by atoms with Gasteiger partial charge in [0.05, 0.1) is 18.5 Å². The van der Waals surface area contributed by atoms with Crippen molar-refractivity contribution in [1.82, 2.24) is 10.2 Å². The van der Waals surface area contributed by atoms with Crippen molar-refractivity contribution in [3.63, 3.8) is 0 Å². The highest BCUT2D eigenvalue weighted by Crippen LogP contribution is 2.48. The molecule has 1 aliphatic carbocycles. The zero-order valence-corrected chi connectivity index (χ0v) is 23.1. The highest BCUT2D eigenvalue weighted by molar-refractivity contribution is 6.06. The van der Waals surface area contributed by atoms with Crippen molar-refractivity contribution in [1.29, 1.82) is 0 Å². The molecular formula is C33H33F2N3O3. The molecule has 1 N–H and O–H groups in total. The van der Waals surface area contributed by atoms with Gasteiger partial charge in [-0.05, 0) is 52.6 Å². The molecule has 0 bridgehead atoms. The smallest absolute Gasteiger partial charge is 0.243 e. The molecule has 2 fully saturated rings. The molecule has 1 saturated carbocycles. The molecule has 0 radical (unpaired) electrons. The van der Waals surface area contributed by atoms with Crippen LogP contribution in [-0.4, -0.2) is 48.4 Å². The van der Waals surface area contributed by atoms with E-state index in [1.165, 1.54) is 15.9 Å². The van der Waals surface area contributed by atoms with Crippen molar-refractivity contribution in [3.05, 3.63) is 101 Å². The number of amides is 3. The third-order valence-electron chi connectivity index (χ3n) is 8.95. The molecular weight excluding hydrogens is 524 g/mol. The molecule has 1 unspecified atom stereocenters. The van der Waals surface area contributed by atoms with E-state index in [0.717, 1.165) is 29.7 Å². The third kappa shape index (κ3) is 5.00. The largest absolute Gasteiger partial charge is 0.343 e. The van der Waals surface area contributed by atoms with Gasteiger partial charge in [0, 0.05) is 25.6 Å². The predicted molar refractivity (Wildman–Crippen MR) is 152 cm³/mol. The second kappa shape index (κ2) is 10.4. The van der Waals surface area contributed by atoms with Gasteiger partial charge in [-0.1, -0.05) is 67.6 Å². The Morgan fingerprint density at radius 1 is 1.02 bits per heavy atom. The van der Waals surface area contributed by atoms with Crippen molar-refractivity contribution in [2.45, 2.75) is 62.2 Å². The Morgan fingerprint density at radius 3 is 2.44 bits per heavy atom. The molecule has 0 aromatic heterocycles. The maximum atomic E-state index is 15.2. The van der Waals surface area contributed by atoms with Crippen LogP contribution >= 0.6 is 0 Å². The van der Waals surface area contributed by atoms with Crippen LogP contribution in [-0.2, 0) is 19.8 Å². The van der Waals surface area contributed by atoms with Gasteiger partial charge in [0.2, 0.25) is 17.7 Å². The van der Waals surface area contributed by atoms with E-state index < -0.39 is 36.0 Å². The summed E-state index contributed by atoms with van der Waals surface area (Å²) in [4.78, 5) is 42.9. The first-order valence-electron chi connectivity index (χ1n) is 14.1. The minimum absolute atomic E-state index is 0.139. The van der Waals surface area contributed by atoms with E-state index in [4.69, 9.17) is 0 Å². The van der Waals surface area contributed by atoms with Crippen LogP contribution in [0.25, 0.3) is 0 Å². The molecule has 4 atom stereocenters. The van der Waals surface area contributed by atoms with Gasteiger partial charge in [0.25, 0.3) is 0 Å². The first kappa shape index (κ1) is 27.1. The van der Waals surface area contributed by atoms with Crippen molar-refractivity contribution in [2.24, 2.45) is 0 Å². The van der Waals surface area contributed by atoms with Gasteiger partial charge in [-0.3, -0.25) is 14.4 Å². The Morgan fingerprint density at radius 2 is 1.73 bits per heavy atom. The Bertz CT molecular complexity index is 1510. The number of benzene rings is 3. The highest BCUT2D eigenvalue weighted by Gasteiger charge is 2.44. The first-order chi connectivity index (χ1) is 19.7. The van der Waals surface area contributed by atoms with Crippen LogP contribution in [0.5, 0.6) is 0 Å². The van der Waals surface area contributed by atoms with Gasteiger partial charge in [-0.15, -0.1) is 0 Å². The molecule has 3 aliphatic rings. The van der Waals surface area contributed by atoms with Crippen molar-refractivity contribution >= 4 is 23.4 Å². The van der Waals surface area contributed by atoms with Gasteiger partial charge in [-0.2, -0.15) is 0 Å². The summed E-state index contributed by atoms with van der Waals surface area (Å²) in [5.74, 6) is -2.16. The zero-order chi connectivity index (χ0) is 28.9. The van der Waals surface area contributed by atoms with Crippen molar-refractivity contribution in [2.75, 3.05) is 18.5 Å². The summed E-state index contributed by atoms with van der Waals surface area (Å²) >= 11 is 0. The predicted octanol–water partition coefficient (Wildman–Crippen LogP) is 5.17. The normalized spacial score (nSPS) is 23.3. The van der Waals surface area contributed by atoms with Gasteiger partial charge >= 0.3 is 0 Å². The number of hydrogen-bond acceptors (Lipinski definition) is 3. The third-order valence-corrected chi connectivity index (χ3v) is 8.95. The first-order valence-corrected chi connectivity index (χ1v) is 14.1. The summed E-state index contributed by atoms with van der Waals surface area (Å²) in [7, 11) is 1.67. The van der Waals surface area contributed by atoms with Gasteiger partial charge in [-0.25, -0.2) is 8.78 Å². The number of carbonyl (C=O) groups excluding carboxylic acids is 3. The Labute approximate surface area is 238 Å². The fraction of sp³-hybridized carbons (Fsp3) is 0.364. The SMILES string of the molecule is CN1C(=O)C(CC(=O)N2C[C@H](F)C[C@H]2C(=O)N[C@@H](c2ccccc2)c2ccc(C3(C)CC3)c(F)c2)c2ccccc21. The Hall–Kier alpha value is -4.07. The van der Waals surface area contributed by atoms with Crippen molar-refractivity contribution in [3.8, 4) is 0 Å². The fourth-order valence-corrected chi connectivity index (χ4v) is 6.27. The lowest BCUT2D eigenvalue weighted by atomic mass is 9.92. The van der Waals surface area contributed by atoms with Crippen LogP contribution in [0.2, 0.25) is 0 Å². The van der Waals surface area contributed by atoms with Crippen LogP contribution in [0.4, 0.5) is 14.5 Å². The van der Waals surface area contributed by atoms with Gasteiger partial charge in [0.1, 0.15) is 18.0 Å². The minimum atomic E-state index is -1.37. The topological polar surface area (TPSA) is 69.7 Å². The maximum absolute atomic E-state index is 15.2. The van der Waals surface area contributed by atoms with E-state index in [1.54, 1.807) is 13.1 Å². The Balaban J connectivity index is 1.24. The van der Waals surface area contributed by atoms with E-state index in [1.807, 2.05) is 67.6 Å². The molecule has 2 heterocycles. The van der Waals surface area contributed by atoms with Crippen LogP contribution < -0.4 is 10.2 Å².